The molecule has 0 aromatic heterocycles. The molecule has 6 atom stereocenters. The number of Topliss-reactive ketones (excluding diaryl/α,β-unsaturated/α-hetero) is 1. The molecule has 4 aliphatic carbocycles. The molecule has 0 saturated heterocycles. The zero-order valence-corrected chi connectivity index (χ0v) is 14.5. The van der Waals surface area contributed by atoms with Crippen LogP contribution in [-0.2, 0) is 4.79 Å². The van der Waals surface area contributed by atoms with Gasteiger partial charge in [0.1, 0.15) is 5.78 Å². The van der Waals surface area contributed by atoms with Gasteiger partial charge in [-0.05, 0) is 62.7 Å². The van der Waals surface area contributed by atoms with Gasteiger partial charge in [-0.25, -0.2) is 0 Å². The third kappa shape index (κ3) is 1.63. The molecule has 0 aromatic carbocycles. The lowest BCUT2D eigenvalue weighted by Crippen LogP contribution is -2.45. The summed E-state index contributed by atoms with van der Waals surface area (Å²) in [5, 5.41) is 11.0. The molecule has 2 heteroatoms. The Morgan fingerprint density at radius 3 is 2.59 bits per heavy atom. The van der Waals surface area contributed by atoms with Crippen molar-refractivity contribution in [2.24, 2.45) is 34.0 Å². The largest absolute Gasteiger partial charge is 0.393 e. The van der Waals surface area contributed by atoms with Crippen LogP contribution in [0, 0.1) is 34.0 Å². The van der Waals surface area contributed by atoms with Crippen molar-refractivity contribution >= 4 is 5.78 Å². The highest BCUT2D eigenvalue weighted by atomic mass is 16.3. The van der Waals surface area contributed by atoms with E-state index in [0.29, 0.717) is 11.7 Å². The topological polar surface area (TPSA) is 37.3 Å². The van der Waals surface area contributed by atoms with Gasteiger partial charge in [-0.1, -0.05) is 32.4 Å². The van der Waals surface area contributed by atoms with E-state index in [4.69, 9.17) is 0 Å². The van der Waals surface area contributed by atoms with E-state index in [1.165, 1.54) is 19.3 Å². The van der Waals surface area contributed by atoms with Gasteiger partial charge in [0.25, 0.3) is 0 Å². The van der Waals surface area contributed by atoms with E-state index in [1.807, 2.05) is 0 Å². The standard InChI is InChI=1S/C20H30O2/c1-12-9-20-10-13(12)5-6-15(20)19(4)14(11-20)17(22)18(2,3)8-7-16(19)21/h9,13-16,21H,5-8,10-11H2,1-4H3/t13-,14-,15+,16-,19-,20-/m1/s1. The van der Waals surface area contributed by atoms with Crippen LogP contribution in [0.15, 0.2) is 11.6 Å². The maximum Gasteiger partial charge on any atom is 0.142 e. The number of hydrogen-bond acceptors (Lipinski definition) is 2. The van der Waals surface area contributed by atoms with E-state index in [1.54, 1.807) is 5.57 Å². The summed E-state index contributed by atoms with van der Waals surface area (Å²) in [5.41, 5.74) is 1.27. The Morgan fingerprint density at radius 1 is 1.14 bits per heavy atom. The second-order valence-electron chi connectivity index (χ2n) is 9.58. The molecule has 0 aliphatic heterocycles. The molecular weight excluding hydrogens is 272 g/mol. The molecule has 0 amide bonds. The molecule has 0 unspecified atom stereocenters. The zero-order valence-electron chi connectivity index (χ0n) is 14.5. The van der Waals surface area contributed by atoms with E-state index in [9.17, 15) is 9.90 Å². The van der Waals surface area contributed by atoms with Gasteiger partial charge in [-0.2, -0.15) is 0 Å². The molecular formula is C20H30O2. The van der Waals surface area contributed by atoms with E-state index in [-0.39, 0.29) is 28.3 Å². The number of carbonyl (C=O) groups is 1. The highest BCUT2D eigenvalue weighted by Gasteiger charge is 2.67. The van der Waals surface area contributed by atoms with Crippen LogP contribution in [0.2, 0.25) is 0 Å². The van der Waals surface area contributed by atoms with Crippen LogP contribution < -0.4 is 0 Å². The quantitative estimate of drug-likeness (QED) is 0.683. The molecule has 22 heavy (non-hydrogen) atoms. The smallest absolute Gasteiger partial charge is 0.142 e. The molecule has 0 heterocycles. The highest BCUT2D eigenvalue weighted by molar-refractivity contribution is 5.88. The molecule has 0 aromatic rings. The minimum atomic E-state index is -0.321. The molecule has 2 bridgehead atoms. The number of carbonyl (C=O) groups excluding carboxylic acids is 1. The van der Waals surface area contributed by atoms with E-state index >= 15 is 0 Å². The van der Waals surface area contributed by atoms with Gasteiger partial charge >= 0.3 is 0 Å². The van der Waals surface area contributed by atoms with Crippen LogP contribution in [0.25, 0.3) is 0 Å². The molecule has 3 fully saturated rings. The molecule has 122 valence electrons. The average molecular weight is 302 g/mol. The van der Waals surface area contributed by atoms with Crippen LogP contribution in [-0.4, -0.2) is 17.0 Å². The van der Waals surface area contributed by atoms with Crippen LogP contribution in [0.4, 0.5) is 0 Å². The number of aliphatic hydroxyl groups is 1. The van der Waals surface area contributed by atoms with Crippen molar-refractivity contribution in [1.82, 2.24) is 0 Å². The zero-order chi connectivity index (χ0) is 15.9. The van der Waals surface area contributed by atoms with Crippen molar-refractivity contribution in [2.75, 3.05) is 0 Å². The lowest BCUT2D eigenvalue weighted by molar-refractivity contribution is -0.136. The van der Waals surface area contributed by atoms with Gasteiger partial charge in [-0.3, -0.25) is 4.79 Å². The van der Waals surface area contributed by atoms with Crippen molar-refractivity contribution in [3.05, 3.63) is 11.6 Å². The molecule has 2 nitrogen and oxygen atoms in total. The molecule has 4 aliphatic rings. The first-order valence-electron chi connectivity index (χ1n) is 9.12. The lowest BCUT2D eigenvalue weighted by Gasteiger charge is -2.45. The number of fused-ring (bicyclic) bond motifs is 3. The minimum Gasteiger partial charge on any atom is -0.393 e. The second kappa shape index (κ2) is 4.26. The summed E-state index contributed by atoms with van der Waals surface area (Å²) in [6, 6.07) is 0. The highest BCUT2D eigenvalue weighted by Crippen LogP contribution is 2.70. The summed E-state index contributed by atoms with van der Waals surface area (Å²) >= 11 is 0. The van der Waals surface area contributed by atoms with Crippen LogP contribution in [0.1, 0.15) is 66.2 Å². The lowest BCUT2D eigenvalue weighted by atomic mass is 9.60. The average Bonchev–Trinajstić information content (AvgIpc) is 2.84. The van der Waals surface area contributed by atoms with Crippen LogP contribution in [0.5, 0.6) is 0 Å². The maximum absolute atomic E-state index is 13.3. The van der Waals surface area contributed by atoms with Crippen LogP contribution in [0.3, 0.4) is 0 Å². The third-order valence-electron chi connectivity index (χ3n) is 8.11. The first kappa shape index (κ1) is 14.9. The van der Waals surface area contributed by atoms with Crippen molar-refractivity contribution in [3.63, 3.8) is 0 Å². The SMILES string of the molecule is CC1=C[C@]23C[C@H]1CC[C@H]2[C@]1(C)[C@H](O)CCC(C)(C)C(=O)[C@H]1C3. The van der Waals surface area contributed by atoms with E-state index in [0.717, 1.165) is 25.2 Å². The predicted molar refractivity (Wildman–Crippen MR) is 87.3 cm³/mol. The Labute approximate surface area is 134 Å². The summed E-state index contributed by atoms with van der Waals surface area (Å²) in [7, 11) is 0. The summed E-state index contributed by atoms with van der Waals surface area (Å²) in [5.74, 6) is 1.70. The number of rotatable bonds is 0. The molecule has 3 saturated carbocycles. The van der Waals surface area contributed by atoms with Crippen molar-refractivity contribution in [2.45, 2.75) is 72.3 Å². The Bertz CT molecular complexity index is 560. The monoisotopic (exact) mass is 302 g/mol. The number of ketones is 1. The van der Waals surface area contributed by atoms with Crippen LogP contribution >= 0.6 is 0 Å². The summed E-state index contributed by atoms with van der Waals surface area (Å²) in [6.07, 6.45) is 8.47. The van der Waals surface area contributed by atoms with E-state index in [2.05, 4.69) is 33.8 Å². The number of hydrogen-bond donors (Lipinski definition) is 1. The Kier molecular flexibility index (Phi) is 2.89. The molecule has 0 radical (unpaired) electrons. The van der Waals surface area contributed by atoms with Crippen molar-refractivity contribution in [1.29, 1.82) is 0 Å². The summed E-state index contributed by atoms with van der Waals surface area (Å²) < 4.78 is 0. The fourth-order valence-electron chi connectivity index (χ4n) is 6.78. The van der Waals surface area contributed by atoms with Crippen molar-refractivity contribution in [3.8, 4) is 0 Å². The molecule has 1 N–H and O–H groups in total. The Hall–Kier alpha value is -0.630. The van der Waals surface area contributed by atoms with E-state index < -0.39 is 0 Å². The van der Waals surface area contributed by atoms with Gasteiger partial charge in [0.05, 0.1) is 6.10 Å². The normalized spacial score (nSPS) is 52.8. The first-order chi connectivity index (χ1) is 10.2. The maximum atomic E-state index is 13.3. The van der Waals surface area contributed by atoms with Gasteiger partial charge in [0, 0.05) is 16.7 Å². The first-order valence-corrected chi connectivity index (χ1v) is 9.12. The Morgan fingerprint density at radius 2 is 1.86 bits per heavy atom. The van der Waals surface area contributed by atoms with Gasteiger partial charge < -0.3 is 5.11 Å². The minimum absolute atomic E-state index is 0.0471. The fourth-order valence-corrected chi connectivity index (χ4v) is 6.78. The van der Waals surface area contributed by atoms with Gasteiger partial charge in [0.15, 0.2) is 0 Å². The number of aliphatic hydroxyl groups excluding tert-OH is 1. The Balaban J connectivity index is 1.84. The van der Waals surface area contributed by atoms with Crippen molar-refractivity contribution < 1.29 is 9.90 Å². The van der Waals surface area contributed by atoms with Gasteiger partial charge in [0.2, 0.25) is 0 Å². The number of allylic oxidation sites excluding steroid dienone is 2. The molecule has 4 rings (SSSR count). The summed E-state index contributed by atoms with van der Waals surface area (Å²) in [4.78, 5) is 13.3. The third-order valence-corrected chi connectivity index (χ3v) is 8.11. The second-order valence-corrected chi connectivity index (χ2v) is 9.58. The van der Waals surface area contributed by atoms with Gasteiger partial charge in [-0.15, -0.1) is 0 Å². The summed E-state index contributed by atoms with van der Waals surface area (Å²) in [6.45, 7) is 8.70. The fraction of sp³-hybridized carbons (Fsp3) is 0.850. The predicted octanol–water partition coefficient (Wildman–Crippen LogP) is 4.13. The molecule has 1 spiro atoms.